The number of aromatic nitrogens is 1. The fourth-order valence-electron chi connectivity index (χ4n) is 1.44. The van der Waals surface area contributed by atoms with Crippen LogP contribution in [0, 0.1) is 6.57 Å². The molecule has 0 amide bonds. The molecule has 2 heterocycles. The van der Waals surface area contributed by atoms with Gasteiger partial charge in [-0.1, -0.05) is 36.9 Å². The summed E-state index contributed by atoms with van der Waals surface area (Å²) in [6.07, 6.45) is 1.75. The maximum atomic E-state index is 6.73. The molecule has 0 bridgehead atoms. The summed E-state index contributed by atoms with van der Waals surface area (Å²) in [4.78, 5) is 9.16. The van der Waals surface area contributed by atoms with Gasteiger partial charge >= 0.3 is 0 Å². The molecule has 0 spiro atoms. The number of halogens is 1. The predicted octanol–water partition coefficient (Wildman–Crippen LogP) is 3.11. The quantitative estimate of drug-likeness (QED) is 0.469. The Labute approximate surface area is 110 Å². The number of rotatable bonds is 2. The van der Waals surface area contributed by atoms with Gasteiger partial charge in [-0.25, -0.2) is 4.98 Å². The minimum atomic E-state index is 0. The van der Waals surface area contributed by atoms with Crippen molar-refractivity contribution in [3.8, 4) is 0 Å². The molecule has 0 unspecified atom stereocenters. The molecule has 1 aromatic heterocycles. The third-order valence-corrected chi connectivity index (χ3v) is 3.37. The van der Waals surface area contributed by atoms with E-state index < -0.39 is 0 Å². The molecule has 0 saturated carbocycles. The third kappa shape index (κ3) is 3.62. The van der Waals surface area contributed by atoms with E-state index >= 15 is 0 Å². The average molecular weight is 269 g/mol. The van der Waals surface area contributed by atoms with E-state index in [1.54, 1.807) is 24.0 Å². The monoisotopic (exact) mass is 268 g/mol. The second kappa shape index (κ2) is 6.48. The number of hydrogen-bond donors (Lipinski definition) is 0. The summed E-state index contributed by atoms with van der Waals surface area (Å²) in [5, 5.41) is 5.06. The highest BCUT2D eigenvalue weighted by Crippen LogP contribution is 2.20. The van der Waals surface area contributed by atoms with Gasteiger partial charge in [0.15, 0.2) is 0 Å². The Hall–Kier alpha value is -1.25. The number of hydrogen-bond acceptors (Lipinski definition) is 3. The highest BCUT2D eigenvalue weighted by atomic mass is 35.5. The van der Waals surface area contributed by atoms with Crippen LogP contribution in [-0.2, 0) is 6.54 Å². The van der Waals surface area contributed by atoms with Crippen LogP contribution in [0.3, 0.4) is 0 Å². The van der Waals surface area contributed by atoms with Crippen LogP contribution in [0.4, 0.5) is 0 Å². The predicted molar refractivity (Wildman–Crippen MR) is 72.9 cm³/mol. The SMILES string of the molecule is C.[C-]#[N+]/N=C1\SCCN1Cc1ccc(Cl)nc1. The first kappa shape index (κ1) is 13.8. The lowest BCUT2D eigenvalue weighted by Gasteiger charge is -2.14. The molecule has 2 rings (SSSR count). The molecule has 0 aromatic carbocycles. The lowest BCUT2D eigenvalue weighted by Crippen LogP contribution is -2.23. The average Bonchev–Trinajstić information content (AvgIpc) is 2.70. The molecule has 0 atom stereocenters. The highest BCUT2D eigenvalue weighted by Gasteiger charge is 2.21. The summed E-state index contributed by atoms with van der Waals surface area (Å²) >= 11 is 7.33. The number of thioether (sulfide) groups is 1. The van der Waals surface area contributed by atoms with Crippen molar-refractivity contribution in [2.45, 2.75) is 14.0 Å². The molecular weight excluding hydrogens is 256 g/mol. The molecule has 1 fully saturated rings. The summed E-state index contributed by atoms with van der Waals surface area (Å²) in [5.41, 5.74) is 1.07. The van der Waals surface area contributed by atoms with Gasteiger partial charge in [-0.2, -0.15) is 6.57 Å². The van der Waals surface area contributed by atoms with Crippen LogP contribution in [-0.4, -0.2) is 27.3 Å². The van der Waals surface area contributed by atoms with Crippen molar-refractivity contribution < 1.29 is 0 Å². The van der Waals surface area contributed by atoms with Crippen molar-refractivity contribution in [1.29, 1.82) is 0 Å². The number of nitrogens with zero attached hydrogens (tertiary/aromatic N) is 4. The summed E-state index contributed by atoms with van der Waals surface area (Å²) in [6.45, 7) is 8.38. The molecule has 90 valence electrons. The Morgan fingerprint density at radius 1 is 1.59 bits per heavy atom. The van der Waals surface area contributed by atoms with Crippen LogP contribution in [0.15, 0.2) is 23.4 Å². The van der Waals surface area contributed by atoms with E-state index in [9.17, 15) is 0 Å². The molecule has 0 radical (unpaired) electrons. The van der Waals surface area contributed by atoms with Gasteiger partial charge in [-0.05, 0) is 11.6 Å². The first-order valence-electron chi connectivity index (χ1n) is 4.72. The van der Waals surface area contributed by atoms with Crippen molar-refractivity contribution in [2.75, 3.05) is 12.3 Å². The second-order valence-electron chi connectivity index (χ2n) is 3.24. The van der Waals surface area contributed by atoms with Crippen molar-refractivity contribution in [1.82, 2.24) is 9.88 Å². The molecule has 17 heavy (non-hydrogen) atoms. The van der Waals surface area contributed by atoms with Gasteiger partial charge in [-0.15, -0.1) is 4.95 Å². The molecule has 1 aliphatic rings. The first-order chi connectivity index (χ1) is 7.79. The molecule has 6 heteroatoms. The van der Waals surface area contributed by atoms with Gasteiger partial charge in [0.1, 0.15) is 10.3 Å². The van der Waals surface area contributed by atoms with Gasteiger partial charge in [0, 0.05) is 25.0 Å². The molecule has 0 aliphatic carbocycles. The second-order valence-corrected chi connectivity index (χ2v) is 4.69. The Morgan fingerprint density at radius 2 is 2.41 bits per heavy atom. The smallest absolute Gasteiger partial charge is 0.247 e. The van der Waals surface area contributed by atoms with E-state index in [0.29, 0.717) is 5.15 Å². The molecule has 1 saturated heterocycles. The lowest BCUT2D eigenvalue weighted by molar-refractivity contribution is 0.456. The first-order valence-corrected chi connectivity index (χ1v) is 6.08. The number of pyridine rings is 1. The minimum Gasteiger partial charge on any atom is -0.340 e. The van der Waals surface area contributed by atoms with E-state index in [4.69, 9.17) is 18.2 Å². The molecule has 1 aliphatic heterocycles. The lowest BCUT2D eigenvalue weighted by atomic mass is 10.3. The Balaban J connectivity index is 0.00000144. The number of amidine groups is 1. The van der Waals surface area contributed by atoms with Crippen LogP contribution in [0.5, 0.6) is 0 Å². The van der Waals surface area contributed by atoms with Gasteiger partial charge < -0.3 is 4.90 Å². The van der Waals surface area contributed by atoms with Gasteiger partial charge in [0.05, 0.1) is 0 Å². The van der Waals surface area contributed by atoms with E-state index in [0.717, 1.165) is 29.6 Å². The van der Waals surface area contributed by atoms with Gasteiger partial charge in [0.2, 0.25) is 5.17 Å². The van der Waals surface area contributed by atoms with Crippen molar-refractivity contribution in [3.63, 3.8) is 0 Å². The van der Waals surface area contributed by atoms with Crippen molar-refractivity contribution >= 4 is 28.5 Å². The van der Waals surface area contributed by atoms with Gasteiger partial charge in [-0.3, -0.25) is 0 Å². The van der Waals surface area contributed by atoms with E-state index in [1.165, 1.54) is 0 Å². The normalized spacial score (nSPS) is 16.7. The van der Waals surface area contributed by atoms with E-state index in [-0.39, 0.29) is 7.43 Å². The fourth-order valence-corrected chi connectivity index (χ4v) is 2.48. The molecule has 0 N–H and O–H groups in total. The molecular formula is C11H13ClN4S. The zero-order chi connectivity index (χ0) is 11.4. The maximum absolute atomic E-state index is 6.73. The fraction of sp³-hybridized carbons (Fsp3) is 0.364. The maximum Gasteiger partial charge on any atom is 0.247 e. The topological polar surface area (TPSA) is 32.9 Å². The largest absolute Gasteiger partial charge is 0.340 e. The summed E-state index contributed by atoms with van der Waals surface area (Å²) in [6, 6.07) is 3.71. The van der Waals surface area contributed by atoms with E-state index in [2.05, 4.69) is 19.9 Å². The molecule has 1 aromatic rings. The third-order valence-electron chi connectivity index (χ3n) is 2.16. The molecule has 4 nitrogen and oxygen atoms in total. The van der Waals surface area contributed by atoms with Crippen LogP contribution >= 0.6 is 23.4 Å². The van der Waals surface area contributed by atoms with Crippen LogP contribution in [0.25, 0.3) is 4.95 Å². The van der Waals surface area contributed by atoms with Crippen LogP contribution in [0.1, 0.15) is 13.0 Å². The van der Waals surface area contributed by atoms with Crippen LogP contribution < -0.4 is 0 Å². The summed E-state index contributed by atoms with van der Waals surface area (Å²) in [5.74, 6) is 0.982. The highest BCUT2D eigenvalue weighted by molar-refractivity contribution is 8.14. The zero-order valence-corrected chi connectivity index (χ0v) is 10.0. The standard InChI is InChI=1S/C10H9ClN4S.CH4/c1-12-14-10-15(4-5-16-10)7-8-2-3-9(11)13-6-8;/h2-3,6H,4-5,7H2;1H4/b14-10-;. The van der Waals surface area contributed by atoms with Crippen molar-refractivity contribution in [3.05, 3.63) is 40.6 Å². The Bertz CT molecular complexity index is 438. The van der Waals surface area contributed by atoms with E-state index in [1.807, 2.05) is 6.07 Å². The Kier molecular flexibility index (Phi) is 5.26. The van der Waals surface area contributed by atoms with Crippen molar-refractivity contribution in [2.24, 2.45) is 5.10 Å². The van der Waals surface area contributed by atoms with Gasteiger partial charge in [0.25, 0.3) is 0 Å². The zero-order valence-electron chi connectivity index (χ0n) is 8.43. The summed E-state index contributed by atoms with van der Waals surface area (Å²) in [7, 11) is 0. The minimum absolute atomic E-state index is 0. The Morgan fingerprint density at radius 3 is 3.06 bits per heavy atom. The summed E-state index contributed by atoms with van der Waals surface area (Å²) < 4.78 is 0. The van der Waals surface area contributed by atoms with Crippen LogP contribution in [0.2, 0.25) is 5.15 Å².